The third kappa shape index (κ3) is 4.48. The maximum atomic E-state index is 12.8. The zero-order valence-corrected chi connectivity index (χ0v) is 15.8. The van der Waals surface area contributed by atoms with Crippen LogP contribution >= 0.6 is 0 Å². The number of nitrogens with zero attached hydrogens (tertiary/aromatic N) is 1. The van der Waals surface area contributed by atoms with Gasteiger partial charge in [0.2, 0.25) is 0 Å². The van der Waals surface area contributed by atoms with Crippen LogP contribution in [-0.4, -0.2) is 46.8 Å². The fourth-order valence-corrected chi connectivity index (χ4v) is 3.68. The Kier molecular flexibility index (Phi) is 7.12. The Morgan fingerprint density at radius 3 is 2.29 bits per heavy atom. The molecule has 1 saturated carbocycles. The second kappa shape index (κ2) is 9.32. The number of aliphatic hydroxyl groups is 1. The van der Waals surface area contributed by atoms with Crippen LogP contribution in [0.1, 0.15) is 24.8 Å². The Hall–Kier alpha value is -2.93. The van der Waals surface area contributed by atoms with E-state index < -0.39 is 35.3 Å². The van der Waals surface area contributed by atoms with Gasteiger partial charge in [0.05, 0.1) is 17.2 Å². The number of carbonyl (C=O) groups is 2. The van der Waals surface area contributed by atoms with E-state index in [1.807, 2.05) is 0 Å². The maximum absolute atomic E-state index is 12.8. The minimum atomic E-state index is -1.60. The first-order valence-corrected chi connectivity index (χ1v) is 8.90. The molecule has 0 unspecified atom stereocenters. The number of hydrogen-bond donors (Lipinski definition) is 2. The number of ether oxygens (including phenoxy) is 2. The average molecular weight is 387 g/mol. The first-order valence-electron chi connectivity index (χ1n) is 8.90. The van der Waals surface area contributed by atoms with Gasteiger partial charge in [0.15, 0.2) is 0 Å². The van der Waals surface area contributed by atoms with Crippen LogP contribution in [0.2, 0.25) is 0 Å². The summed E-state index contributed by atoms with van der Waals surface area (Å²) in [5.41, 5.74) is -0.944. The topological polar surface area (TPSA) is 105 Å². The maximum Gasteiger partial charge on any atom is 0.315 e. The third-order valence-electron chi connectivity index (χ3n) is 4.79. The molecule has 1 aliphatic rings. The zero-order valence-electron chi connectivity index (χ0n) is 15.8. The largest absolute Gasteiger partial charge is 0.461 e. The lowest BCUT2D eigenvalue weighted by molar-refractivity contribution is -0.162. The third-order valence-corrected chi connectivity index (χ3v) is 4.79. The van der Waals surface area contributed by atoms with Gasteiger partial charge in [0.25, 0.3) is 0 Å². The van der Waals surface area contributed by atoms with Gasteiger partial charge in [-0.1, -0.05) is 60.8 Å². The summed E-state index contributed by atoms with van der Waals surface area (Å²) < 4.78 is 10.4. The van der Waals surface area contributed by atoms with Gasteiger partial charge in [-0.3, -0.25) is 9.59 Å². The van der Waals surface area contributed by atoms with Crippen molar-refractivity contribution < 1.29 is 29.4 Å². The van der Waals surface area contributed by atoms with Gasteiger partial charge >= 0.3 is 11.9 Å². The van der Waals surface area contributed by atoms with E-state index in [2.05, 4.69) is 18.3 Å². The lowest BCUT2D eigenvalue weighted by Crippen LogP contribution is -2.55. The summed E-state index contributed by atoms with van der Waals surface area (Å²) in [6, 6.07) is 8.78. The van der Waals surface area contributed by atoms with Crippen LogP contribution < -0.4 is 0 Å². The Balaban J connectivity index is 2.59. The van der Waals surface area contributed by atoms with E-state index in [0.717, 1.165) is 0 Å². The second-order valence-electron chi connectivity index (χ2n) is 6.85. The number of benzene rings is 1. The molecule has 0 saturated heterocycles. The van der Waals surface area contributed by atoms with Gasteiger partial charge in [-0.15, -0.1) is 0 Å². The fourth-order valence-electron chi connectivity index (χ4n) is 3.68. The van der Waals surface area contributed by atoms with Crippen molar-refractivity contribution in [2.24, 2.45) is 17.0 Å². The van der Waals surface area contributed by atoms with Crippen LogP contribution in [-0.2, 0) is 19.1 Å². The number of rotatable bonds is 7. The molecule has 0 heterocycles. The highest BCUT2D eigenvalue weighted by atomic mass is 16.5. The molecule has 2 N–H and O–H groups in total. The first-order chi connectivity index (χ1) is 13.4. The van der Waals surface area contributed by atoms with Crippen molar-refractivity contribution in [3.8, 4) is 0 Å². The van der Waals surface area contributed by atoms with E-state index in [0.29, 0.717) is 5.56 Å². The molecule has 2 rings (SSSR count). The second-order valence-corrected chi connectivity index (χ2v) is 6.85. The molecule has 0 aromatic heterocycles. The normalized spacial score (nSPS) is 28.4. The standard InChI is InChI=1S/C21H25NO6/c1-4-11-27-19(23)17-15(22-26)13-21(3,25)18(20(24)28-12-5-2)16(17)14-9-7-6-8-10-14/h4-10,16-18,25-26H,1-2,11-13H2,3H3/b22-15+/t16-,17-,18+,21-/m0/s1. The SMILES string of the molecule is C=CCOC(=O)[C@H]1/C(=N/O)C[C@](C)(O)[C@@H](C(=O)OCC=C)[C@H]1c1ccccc1. The van der Waals surface area contributed by atoms with E-state index in [1.54, 1.807) is 30.3 Å². The highest BCUT2D eigenvalue weighted by molar-refractivity contribution is 6.05. The van der Waals surface area contributed by atoms with E-state index in [1.165, 1.54) is 19.1 Å². The van der Waals surface area contributed by atoms with E-state index in [-0.39, 0.29) is 25.3 Å². The molecule has 28 heavy (non-hydrogen) atoms. The van der Waals surface area contributed by atoms with Crippen LogP contribution in [0.25, 0.3) is 0 Å². The molecule has 7 nitrogen and oxygen atoms in total. The van der Waals surface area contributed by atoms with Crippen molar-refractivity contribution >= 4 is 17.7 Å². The van der Waals surface area contributed by atoms with E-state index in [9.17, 15) is 19.9 Å². The molecule has 150 valence electrons. The van der Waals surface area contributed by atoms with Crippen LogP contribution in [0.5, 0.6) is 0 Å². The predicted octanol–water partition coefficient (Wildman–Crippen LogP) is 2.45. The quantitative estimate of drug-likeness (QED) is 0.322. The number of hydrogen-bond acceptors (Lipinski definition) is 7. The van der Waals surface area contributed by atoms with Crippen LogP contribution in [0, 0.1) is 11.8 Å². The molecule has 0 amide bonds. The number of carbonyl (C=O) groups excluding carboxylic acids is 2. The van der Waals surface area contributed by atoms with Crippen molar-refractivity contribution in [1.29, 1.82) is 0 Å². The van der Waals surface area contributed by atoms with Crippen molar-refractivity contribution in [2.45, 2.75) is 24.9 Å². The Morgan fingerprint density at radius 2 is 1.75 bits per heavy atom. The van der Waals surface area contributed by atoms with Gasteiger partial charge in [0, 0.05) is 12.3 Å². The van der Waals surface area contributed by atoms with Crippen LogP contribution in [0.15, 0.2) is 60.8 Å². The summed E-state index contributed by atoms with van der Waals surface area (Å²) in [7, 11) is 0. The highest BCUT2D eigenvalue weighted by Crippen LogP contribution is 2.47. The lowest BCUT2D eigenvalue weighted by atomic mass is 9.61. The van der Waals surface area contributed by atoms with E-state index in [4.69, 9.17) is 9.47 Å². The van der Waals surface area contributed by atoms with Gasteiger partial charge in [-0.25, -0.2) is 0 Å². The Bertz CT molecular complexity index is 755. The molecule has 1 aliphatic carbocycles. The van der Waals surface area contributed by atoms with Crippen LogP contribution in [0.3, 0.4) is 0 Å². The molecule has 0 aliphatic heterocycles. The minimum Gasteiger partial charge on any atom is -0.461 e. The Labute approximate surface area is 164 Å². The van der Waals surface area contributed by atoms with Crippen molar-refractivity contribution in [2.75, 3.05) is 13.2 Å². The number of esters is 2. The molecular formula is C21H25NO6. The molecule has 7 heteroatoms. The van der Waals surface area contributed by atoms with E-state index >= 15 is 0 Å². The summed E-state index contributed by atoms with van der Waals surface area (Å²) in [6.07, 6.45) is 2.65. The van der Waals surface area contributed by atoms with Gasteiger partial charge < -0.3 is 19.8 Å². The summed E-state index contributed by atoms with van der Waals surface area (Å²) in [6.45, 7) is 8.43. The van der Waals surface area contributed by atoms with Crippen molar-refractivity contribution in [1.82, 2.24) is 0 Å². The fraction of sp³-hybridized carbons (Fsp3) is 0.381. The smallest absolute Gasteiger partial charge is 0.315 e. The molecular weight excluding hydrogens is 362 g/mol. The lowest BCUT2D eigenvalue weighted by Gasteiger charge is -2.44. The average Bonchev–Trinajstić information content (AvgIpc) is 2.69. The summed E-state index contributed by atoms with van der Waals surface area (Å²) in [5.74, 6) is -4.32. The molecule has 4 atom stereocenters. The monoisotopic (exact) mass is 387 g/mol. The zero-order chi connectivity index (χ0) is 20.7. The number of oxime groups is 1. The first kappa shape index (κ1) is 21.4. The minimum absolute atomic E-state index is 0.0283. The van der Waals surface area contributed by atoms with Crippen molar-refractivity contribution in [3.05, 3.63) is 61.2 Å². The highest BCUT2D eigenvalue weighted by Gasteiger charge is 2.56. The molecule has 0 spiro atoms. The molecule has 1 fully saturated rings. The Morgan fingerprint density at radius 1 is 1.18 bits per heavy atom. The summed E-state index contributed by atoms with van der Waals surface area (Å²) in [5, 5.41) is 23.8. The van der Waals surface area contributed by atoms with Gasteiger partial charge in [0.1, 0.15) is 19.1 Å². The molecule has 0 radical (unpaired) electrons. The molecule has 1 aromatic rings. The van der Waals surface area contributed by atoms with Crippen molar-refractivity contribution in [3.63, 3.8) is 0 Å². The van der Waals surface area contributed by atoms with Gasteiger partial charge in [-0.05, 0) is 12.5 Å². The molecule has 0 bridgehead atoms. The van der Waals surface area contributed by atoms with Gasteiger partial charge in [-0.2, -0.15) is 0 Å². The summed E-state index contributed by atoms with van der Waals surface area (Å²) in [4.78, 5) is 25.6. The van der Waals surface area contributed by atoms with Crippen LogP contribution in [0.4, 0.5) is 0 Å². The molecule has 1 aromatic carbocycles. The predicted molar refractivity (Wildman–Crippen MR) is 103 cm³/mol. The summed E-state index contributed by atoms with van der Waals surface area (Å²) >= 11 is 0.